The highest BCUT2D eigenvalue weighted by Gasteiger charge is 2.27. The summed E-state index contributed by atoms with van der Waals surface area (Å²) in [5, 5.41) is 9.08. The first-order valence-corrected chi connectivity index (χ1v) is 5.57. The Morgan fingerprint density at radius 2 is 2.06 bits per heavy atom. The Morgan fingerprint density at radius 1 is 1.47 bits per heavy atom. The molecule has 0 aliphatic rings. The van der Waals surface area contributed by atoms with Crippen LogP contribution >= 0.6 is 0 Å². The summed E-state index contributed by atoms with van der Waals surface area (Å²) in [4.78, 5) is 12.8. The first kappa shape index (κ1) is 13.5. The molecule has 1 aromatic carbocycles. The number of para-hydroxylation sites is 1. The molecule has 0 radical (unpaired) electrons. The second-order valence-corrected chi connectivity index (χ2v) is 4.67. The molecule has 0 amide bonds. The predicted molar refractivity (Wildman–Crippen MR) is 66.1 cm³/mol. The summed E-state index contributed by atoms with van der Waals surface area (Å²) in [7, 11) is 1.72. The van der Waals surface area contributed by atoms with Gasteiger partial charge in [0.05, 0.1) is 11.3 Å². The van der Waals surface area contributed by atoms with Crippen molar-refractivity contribution in [3.63, 3.8) is 0 Å². The summed E-state index contributed by atoms with van der Waals surface area (Å²) in [5.41, 5.74) is -0.160. The molecule has 17 heavy (non-hydrogen) atoms. The standard InChI is InChI=1S/C13H18FNO2/c1-5-13(2,3)15(4)11-9(12(16)17)7-6-8-10(11)14/h6-8H,5H2,1-4H3,(H,16,17). The summed E-state index contributed by atoms with van der Waals surface area (Å²) < 4.78 is 13.8. The number of aromatic carboxylic acids is 1. The third-order valence-electron chi connectivity index (χ3n) is 3.33. The van der Waals surface area contributed by atoms with E-state index in [1.807, 2.05) is 20.8 Å². The Labute approximate surface area is 101 Å². The van der Waals surface area contributed by atoms with Gasteiger partial charge in [0.1, 0.15) is 5.82 Å². The van der Waals surface area contributed by atoms with E-state index in [9.17, 15) is 9.18 Å². The summed E-state index contributed by atoms with van der Waals surface area (Å²) in [6, 6.07) is 4.11. The number of anilines is 1. The van der Waals surface area contributed by atoms with Crippen molar-refractivity contribution in [1.29, 1.82) is 0 Å². The van der Waals surface area contributed by atoms with Crippen LogP contribution < -0.4 is 4.90 Å². The van der Waals surface area contributed by atoms with Gasteiger partial charge in [-0.2, -0.15) is 0 Å². The maximum atomic E-state index is 13.8. The third-order valence-corrected chi connectivity index (χ3v) is 3.33. The monoisotopic (exact) mass is 239 g/mol. The van der Waals surface area contributed by atoms with Gasteiger partial charge in [0.25, 0.3) is 0 Å². The summed E-state index contributed by atoms with van der Waals surface area (Å²) in [6.45, 7) is 5.88. The van der Waals surface area contributed by atoms with E-state index in [2.05, 4.69) is 0 Å². The minimum Gasteiger partial charge on any atom is -0.478 e. The Hall–Kier alpha value is -1.58. The van der Waals surface area contributed by atoms with E-state index >= 15 is 0 Å². The molecule has 0 aliphatic heterocycles. The van der Waals surface area contributed by atoms with E-state index in [1.165, 1.54) is 18.2 Å². The van der Waals surface area contributed by atoms with Crippen LogP contribution in [0.15, 0.2) is 18.2 Å². The zero-order valence-corrected chi connectivity index (χ0v) is 10.6. The van der Waals surface area contributed by atoms with E-state index in [1.54, 1.807) is 11.9 Å². The van der Waals surface area contributed by atoms with Gasteiger partial charge in [-0.25, -0.2) is 9.18 Å². The lowest BCUT2D eigenvalue weighted by Crippen LogP contribution is -2.41. The van der Waals surface area contributed by atoms with E-state index in [0.717, 1.165) is 6.42 Å². The molecule has 0 unspecified atom stereocenters. The number of nitrogens with zero attached hydrogens (tertiary/aromatic N) is 1. The second-order valence-electron chi connectivity index (χ2n) is 4.67. The molecule has 4 heteroatoms. The summed E-state index contributed by atoms with van der Waals surface area (Å²) in [6.07, 6.45) is 0.789. The van der Waals surface area contributed by atoms with Crippen LogP contribution in [0.2, 0.25) is 0 Å². The van der Waals surface area contributed by atoms with Crippen LogP contribution in [0, 0.1) is 5.82 Å². The number of rotatable bonds is 4. The van der Waals surface area contributed by atoms with Crippen LogP contribution in [-0.4, -0.2) is 23.7 Å². The van der Waals surface area contributed by atoms with Gasteiger partial charge < -0.3 is 10.0 Å². The third kappa shape index (κ3) is 2.57. The molecular formula is C13H18FNO2. The fourth-order valence-electron chi connectivity index (χ4n) is 1.57. The number of halogens is 1. The number of hydrogen-bond donors (Lipinski definition) is 1. The number of carboxylic acids is 1. The average molecular weight is 239 g/mol. The molecule has 1 N–H and O–H groups in total. The van der Waals surface area contributed by atoms with Gasteiger partial charge >= 0.3 is 5.97 Å². The van der Waals surface area contributed by atoms with Crippen LogP contribution in [0.5, 0.6) is 0 Å². The molecule has 1 aromatic rings. The molecule has 0 aliphatic carbocycles. The Kier molecular flexibility index (Phi) is 3.76. The average Bonchev–Trinajstić information content (AvgIpc) is 2.27. The first-order valence-electron chi connectivity index (χ1n) is 5.57. The van der Waals surface area contributed by atoms with E-state index in [-0.39, 0.29) is 16.8 Å². The number of benzene rings is 1. The summed E-state index contributed by atoms with van der Waals surface area (Å²) in [5.74, 6) is -1.62. The highest BCUT2D eigenvalue weighted by Crippen LogP contribution is 2.30. The Morgan fingerprint density at radius 3 is 2.53 bits per heavy atom. The van der Waals surface area contributed by atoms with Crippen molar-refractivity contribution < 1.29 is 14.3 Å². The molecule has 0 saturated heterocycles. The zero-order valence-electron chi connectivity index (χ0n) is 10.6. The zero-order chi connectivity index (χ0) is 13.2. The second kappa shape index (κ2) is 4.73. The van der Waals surface area contributed by atoms with Crippen LogP contribution in [0.1, 0.15) is 37.6 Å². The van der Waals surface area contributed by atoms with Gasteiger partial charge in [0.15, 0.2) is 0 Å². The molecule has 0 saturated carbocycles. The lowest BCUT2D eigenvalue weighted by molar-refractivity contribution is 0.0697. The van der Waals surface area contributed by atoms with Crippen molar-refractivity contribution in [2.45, 2.75) is 32.7 Å². The lowest BCUT2D eigenvalue weighted by Gasteiger charge is -2.37. The minimum absolute atomic E-state index is 0.00553. The molecule has 94 valence electrons. The highest BCUT2D eigenvalue weighted by molar-refractivity contribution is 5.94. The van der Waals surface area contributed by atoms with Crippen molar-refractivity contribution in [3.8, 4) is 0 Å². The fourth-order valence-corrected chi connectivity index (χ4v) is 1.57. The predicted octanol–water partition coefficient (Wildman–Crippen LogP) is 3.15. The van der Waals surface area contributed by atoms with Gasteiger partial charge in [-0.1, -0.05) is 13.0 Å². The smallest absolute Gasteiger partial charge is 0.337 e. The van der Waals surface area contributed by atoms with Crippen molar-refractivity contribution in [2.24, 2.45) is 0 Å². The first-order chi connectivity index (χ1) is 7.81. The number of carbonyl (C=O) groups is 1. The Bertz CT molecular complexity index is 429. The maximum Gasteiger partial charge on any atom is 0.337 e. The SMILES string of the molecule is CCC(C)(C)N(C)c1c(F)cccc1C(=O)O. The van der Waals surface area contributed by atoms with Crippen molar-refractivity contribution in [1.82, 2.24) is 0 Å². The molecule has 0 aromatic heterocycles. The van der Waals surface area contributed by atoms with E-state index in [0.29, 0.717) is 0 Å². The normalized spacial score (nSPS) is 11.4. The molecule has 0 heterocycles. The van der Waals surface area contributed by atoms with Crippen LogP contribution in [0.4, 0.5) is 10.1 Å². The molecule has 0 bridgehead atoms. The van der Waals surface area contributed by atoms with Gasteiger partial charge in [0.2, 0.25) is 0 Å². The molecule has 0 fully saturated rings. The van der Waals surface area contributed by atoms with Crippen molar-refractivity contribution in [2.75, 3.05) is 11.9 Å². The highest BCUT2D eigenvalue weighted by atomic mass is 19.1. The minimum atomic E-state index is -1.11. The van der Waals surface area contributed by atoms with Gasteiger partial charge in [-0.05, 0) is 32.4 Å². The summed E-state index contributed by atoms with van der Waals surface area (Å²) >= 11 is 0. The molecule has 3 nitrogen and oxygen atoms in total. The van der Waals surface area contributed by atoms with Crippen molar-refractivity contribution in [3.05, 3.63) is 29.6 Å². The fraction of sp³-hybridized carbons (Fsp3) is 0.462. The van der Waals surface area contributed by atoms with Gasteiger partial charge in [-0.3, -0.25) is 0 Å². The van der Waals surface area contributed by atoms with E-state index < -0.39 is 11.8 Å². The maximum absolute atomic E-state index is 13.8. The molecular weight excluding hydrogens is 221 g/mol. The van der Waals surface area contributed by atoms with Crippen molar-refractivity contribution >= 4 is 11.7 Å². The largest absolute Gasteiger partial charge is 0.478 e. The van der Waals surface area contributed by atoms with Gasteiger partial charge in [0, 0.05) is 12.6 Å². The Balaban J connectivity index is 3.34. The van der Waals surface area contributed by atoms with Crippen LogP contribution in [-0.2, 0) is 0 Å². The molecule has 0 spiro atoms. The van der Waals surface area contributed by atoms with Gasteiger partial charge in [-0.15, -0.1) is 0 Å². The number of carboxylic acid groups (broad SMARTS) is 1. The van der Waals surface area contributed by atoms with Crippen LogP contribution in [0.3, 0.4) is 0 Å². The quantitative estimate of drug-likeness (QED) is 0.877. The molecule has 0 atom stereocenters. The number of hydrogen-bond acceptors (Lipinski definition) is 2. The molecule has 1 rings (SSSR count). The van der Waals surface area contributed by atoms with Crippen LogP contribution in [0.25, 0.3) is 0 Å². The van der Waals surface area contributed by atoms with E-state index in [4.69, 9.17) is 5.11 Å². The lowest BCUT2D eigenvalue weighted by atomic mass is 9.97. The topological polar surface area (TPSA) is 40.5 Å².